The predicted octanol–water partition coefficient (Wildman–Crippen LogP) is 2.81. The highest BCUT2D eigenvalue weighted by Crippen LogP contribution is 2.19. The molecule has 1 saturated heterocycles. The van der Waals surface area contributed by atoms with Crippen LogP contribution in [0.2, 0.25) is 0 Å². The van der Waals surface area contributed by atoms with Crippen molar-refractivity contribution in [2.75, 3.05) is 25.0 Å². The normalized spacial score (nSPS) is 17.1. The molecule has 0 bridgehead atoms. The second-order valence-corrected chi connectivity index (χ2v) is 5.58. The summed E-state index contributed by atoms with van der Waals surface area (Å²) in [4.78, 5) is 18.5. The van der Waals surface area contributed by atoms with Crippen LogP contribution in [0, 0.1) is 0 Å². The van der Waals surface area contributed by atoms with Crippen LogP contribution in [-0.2, 0) is 0 Å². The minimum atomic E-state index is 0.0727. The highest BCUT2D eigenvalue weighted by Gasteiger charge is 2.26. The predicted molar refractivity (Wildman–Crippen MR) is 89.8 cm³/mol. The zero-order chi connectivity index (χ0) is 16.1. The van der Waals surface area contributed by atoms with Gasteiger partial charge in [-0.2, -0.15) is 0 Å². The number of ether oxygens (including phenoxy) is 1. The average molecular weight is 311 g/mol. The van der Waals surface area contributed by atoms with Crippen LogP contribution >= 0.6 is 0 Å². The van der Waals surface area contributed by atoms with Crippen molar-refractivity contribution in [2.45, 2.75) is 19.4 Å². The summed E-state index contributed by atoms with van der Waals surface area (Å²) in [5.41, 5.74) is 1.70. The van der Waals surface area contributed by atoms with Gasteiger partial charge in [0.1, 0.15) is 5.75 Å². The third kappa shape index (κ3) is 3.80. The van der Waals surface area contributed by atoms with Crippen LogP contribution in [0.25, 0.3) is 0 Å². The summed E-state index contributed by atoms with van der Waals surface area (Å²) in [6.45, 7) is 4.05. The van der Waals surface area contributed by atoms with Crippen molar-refractivity contribution in [3.05, 3.63) is 54.4 Å². The van der Waals surface area contributed by atoms with Gasteiger partial charge in [0.25, 0.3) is 5.91 Å². The van der Waals surface area contributed by atoms with Gasteiger partial charge in [-0.05, 0) is 49.7 Å². The van der Waals surface area contributed by atoms with Crippen molar-refractivity contribution in [3.8, 4) is 5.75 Å². The third-order valence-corrected chi connectivity index (χ3v) is 3.92. The molecule has 0 spiro atoms. The largest absolute Gasteiger partial charge is 0.494 e. The molecule has 120 valence electrons. The number of pyridine rings is 1. The maximum atomic E-state index is 12.6. The van der Waals surface area contributed by atoms with Crippen LogP contribution in [-0.4, -0.2) is 41.5 Å². The monoisotopic (exact) mass is 311 g/mol. The molecule has 2 heterocycles. The highest BCUT2D eigenvalue weighted by molar-refractivity contribution is 5.94. The van der Waals surface area contributed by atoms with E-state index in [1.165, 1.54) is 0 Å². The number of rotatable bonds is 5. The molecule has 3 rings (SSSR count). The lowest BCUT2D eigenvalue weighted by Crippen LogP contribution is -2.31. The Morgan fingerprint density at radius 1 is 1.35 bits per heavy atom. The first-order valence-electron chi connectivity index (χ1n) is 7.95. The van der Waals surface area contributed by atoms with Gasteiger partial charge < -0.3 is 15.0 Å². The van der Waals surface area contributed by atoms with Gasteiger partial charge in [0, 0.05) is 37.1 Å². The minimum Gasteiger partial charge on any atom is -0.494 e. The Labute approximate surface area is 136 Å². The fourth-order valence-corrected chi connectivity index (χ4v) is 2.79. The fourth-order valence-electron chi connectivity index (χ4n) is 2.79. The second kappa shape index (κ2) is 7.13. The first kappa shape index (κ1) is 15.3. The number of carbonyl (C=O) groups excluding carboxylic acids is 1. The lowest BCUT2D eigenvalue weighted by Gasteiger charge is -2.18. The van der Waals surface area contributed by atoms with E-state index in [4.69, 9.17) is 4.74 Å². The third-order valence-electron chi connectivity index (χ3n) is 3.92. The molecule has 1 fully saturated rings. The maximum absolute atomic E-state index is 12.6. The number of likely N-dealkylation sites (tertiary alicyclic amines) is 1. The molecule has 2 aromatic rings. The number of carbonyl (C=O) groups is 1. The molecule has 5 heteroatoms. The smallest absolute Gasteiger partial charge is 0.253 e. The van der Waals surface area contributed by atoms with Crippen LogP contribution in [0.5, 0.6) is 5.75 Å². The van der Waals surface area contributed by atoms with E-state index < -0.39 is 0 Å². The SMILES string of the molecule is CCOc1ccc(C(=O)N2CC[C@H](Nc3cccnc3)C2)cc1. The zero-order valence-electron chi connectivity index (χ0n) is 13.2. The summed E-state index contributed by atoms with van der Waals surface area (Å²) in [7, 11) is 0. The molecule has 1 amide bonds. The molecule has 23 heavy (non-hydrogen) atoms. The second-order valence-electron chi connectivity index (χ2n) is 5.58. The van der Waals surface area contributed by atoms with Crippen LogP contribution in [0.15, 0.2) is 48.8 Å². The van der Waals surface area contributed by atoms with Gasteiger partial charge in [-0.25, -0.2) is 0 Å². The first-order chi connectivity index (χ1) is 11.3. The summed E-state index contributed by atoms with van der Waals surface area (Å²) >= 11 is 0. The Kier molecular flexibility index (Phi) is 4.76. The van der Waals surface area contributed by atoms with Crippen molar-refractivity contribution in [1.29, 1.82) is 0 Å². The van der Waals surface area contributed by atoms with E-state index in [1.807, 2.05) is 48.2 Å². The van der Waals surface area contributed by atoms with Gasteiger partial charge >= 0.3 is 0 Å². The molecule has 1 aliphatic rings. The Morgan fingerprint density at radius 3 is 2.87 bits per heavy atom. The standard InChI is InChI=1S/C18H21N3O2/c1-2-23-17-7-5-14(6-8-17)18(22)21-11-9-16(13-21)20-15-4-3-10-19-12-15/h3-8,10,12,16,20H,2,9,11,13H2,1H3/t16-/m0/s1. The molecular formula is C18H21N3O2. The Morgan fingerprint density at radius 2 is 2.17 bits per heavy atom. The molecule has 0 unspecified atom stereocenters. The first-order valence-corrected chi connectivity index (χ1v) is 7.95. The van der Waals surface area contributed by atoms with E-state index >= 15 is 0 Å². The lowest BCUT2D eigenvalue weighted by molar-refractivity contribution is 0.0791. The summed E-state index contributed by atoms with van der Waals surface area (Å²) in [5, 5.41) is 3.43. The zero-order valence-corrected chi connectivity index (χ0v) is 13.2. The highest BCUT2D eigenvalue weighted by atomic mass is 16.5. The number of nitrogens with zero attached hydrogens (tertiary/aromatic N) is 2. The van der Waals surface area contributed by atoms with Gasteiger partial charge in [0.2, 0.25) is 0 Å². The maximum Gasteiger partial charge on any atom is 0.253 e. The Bertz CT molecular complexity index is 643. The van der Waals surface area contributed by atoms with Gasteiger partial charge in [-0.1, -0.05) is 0 Å². The number of aromatic nitrogens is 1. The molecular weight excluding hydrogens is 290 g/mol. The molecule has 0 radical (unpaired) electrons. The number of hydrogen-bond acceptors (Lipinski definition) is 4. The van der Waals surface area contributed by atoms with Crippen LogP contribution in [0.3, 0.4) is 0 Å². The molecule has 1 aliphatic heterocycles. The van der Waals surface area contributed by atoms with Crippen LogP contribution in [0.1, 0.15) is 23.7 Å². The van der Waals surface area contributed by atoms with Gasteiger partial charge in [-0.15, -0.1) is 0 Å². The van der Waals surface area contributed by atoms with Gasteiger partial charge in [0.15, 0.2) is 0 Å². The quantitative estimate of drug-likeness (QED) is 0.922. The van der Waals surface area contributed by atoms with Gasteiger partial charge in [0.05, 0.1) is 12.3 Å². The summed E-state index contributed by atoms with van der Waals surface area (Å²) in [6, 6.07) is 11.5. The van der Waals surface area contributed by atoms with E-state index in [-0.39, 0.29) is 11.9 Å². The topological polar surface area (TPSA) is 54.5 Å². The molecule has 0 saturated carbocycles. The lowest BCUT2D eigenvalue weighted by atomic mass is 10.2. The summed E-state index contributed by atoms with van der Waals surface area (Å²) in [6.07, 6.45) is 4.50. The summed E-state index contributed by atoms with van der Waals surface area (Å²) in [5.74, 6) is 0.866. The molecule has 1 aromatic carbocycles. The van der Waals surface area contributed by atoms with E-state index in [0.29, 0.717) is 18.7 Å². The van der Waals surface area contributed by atoms with E-state index in [2.05, 4.69) is 10.3 Å². The Balaban J connectivity index is 1.58. The van der Waals surface area contributed by atoms with Crippen molar-refractivity contribution < 1.29 is 9.53 Å². The minimum absolute atomic E-state index is 0.0727. The number of anilines is 1. The fraction of sp³-hybridized carbons (Fsp3) is 0.333. The van der Waals surface area contributed by atoms with Gasteiger partial charge in [-0.3, -0.25) is 9.78 Å². The number of benzene rings is 1. The van der Waals surface area contributed by atoms with E-state index in [1.54, 1.807) is 12.4 Å². The molecule has 5 nitrogen and oxygen atoms in total. The summed E-state index contributed by atoms with van der Waals surface area (Å²) < 4.78 is 5.41. The molecule has 1 atom stereocenters. The number of nitrogens with one attached hydrogen (secondary N) is 1. The molecule has 1 N–H and O–H groups in total. The van der Waals surface area contributed by atoms with Crippen molar-refractivity contribution in [2.24, 2.45) is 0 Å². The van der Waals surface area contributed by atoms with E-state index in [9.17, 15) is 4.79 Å². The number of hydrogen-bond donors (Lipinski definition) is 1. The van der Waals surface area contributed by atoms with Crippen molar-refractivity contribution in [1.82, 2.24) is 9.88 Å². The average Bonchev–Trinajstić information content (AvgIpc) is 3.05. The molecule has 0 aliphatic carbocycles. The molecule has 1 aromatic heterocycles. The van der Waals surface area contributed by atoms with E-state index in [0.717, 1.165) is 24.4 Å². The van der Waals surface area contributed by atoms with Crippen molar-refractivity contribution in [3.63, 3.8) is 0 Å². The number of amides is 1. The Hall–Kier alpha value is -2.56. The van der Waals surface area contributed by atoms with Crippen LogP contribution < -0.4 is 10.1 Å². The van der Waals surface area contributed by atoms with Crippen molar-refractivity contribution >= 4 is 11.6 Å². The van der Waals surface area contributed by atoms with Crippen LogP contribution in [0.4, 0.5) is 5.69 Å².